The molecule has 3 N–H and O–H groups in total. The van der Waals surface area contributed by atoms with E-state index in [0.29, 0.717) is 6.54 Å². The number of aromatic nitrogens is 2. The molecule has 9 nitrogen and oxygen atoms in total. The van der Waals surface area contributed by atoms with Crippen LogP contribution in [0, 0.1) is 0 Å². The third-order valence-corrected chi connectivity index (χ3v) is 6.91. The Hall–Kier alpha value is -2.91. The molecule has 0 saturated carbocycles. The highest BCUT2D eigenvalue weighted by Gasteiger charge is 2.45. The average Bonchev–Trinajstić information content (AvgIpc) is 3.63. The fourth-order valence-corrected chi connectivity index (χ4v) is 5.04. The van der Waals surface area contributed by atoms with Gasteiger partial charge in [-0.2, -0.15) is 10.1 Å². The van der Waals surface area contributed by atoms with Crippen LogP contribution in [0.2, 0.25) is 0 Å². The molecule has 4 aliphatic heterocycles. The summed E-state index contributed by atoms with van der Waals surface area (Å²) in [5.41, 5.74) is 6.88. The Morgan fingerprint density at radius 3 is 2.55 bits per heavy atom. The molecule has 0 radical (unpaired) electrons. The van der Waals surface area contributed by atoms with Gasteiger partial charge in [-0.3, -0.25) is 5.43 Å². The lowest BCUT2D eigenvalue weighted by Gasteiger charge is -2.32. The van der Waals surface area contributed by atoms with Crippen LogP contribution < -0.4 is 20.5 Å². The monoisotopic (exact) mass is 449 g/mol. The van der Waals surface area contributed by atoms with E-state index < -0.39 is 0 Å². The van der Waals surface area contributed by atoms with Crippen molar-refractivity contribution in [2.75, 3.05) is 41.3 Å². The van der Waals surface area contributed by atoms with Gasteiger partial charge in [0.1, 0.15) is 11.9 Å². The quantitative estimate of drug-likeness (QED) is 0.613. The predicted molar refractivity (Wildman–Crippen MR) is 128 cm³/mol. The van der Waals surface area contributed by atoms with E-state index in [1.165, 1.54) is 25.7 Å². The van der Waals surface area contributed by atoms with Gasteiger partial charge in [-0.05, 0) is 49.9 Å². The normalized spacial score (nSPS) is 26.5. The van der Waals surface area contributed by atoms with E-state index in [-0.39, 0.29) is 18.4 Å². The molecule has 174 valence electrons. The number of rotatable bonds is 4. The van der Waals surface area contributed by atoms with Crippen LogP contribution in [0.1, 0.15) is 55.9 Å². The summed E-state index contributed by atoms with van der Waals surface area (Å²) < 4.78 is 5.79. The Morgan fingerprint density at radius 1 is 0.970 bits per heavy atom. The summed E-state index contributed by atoms with van der Waals surface area (Å²) in [4.78, 5) is 14.4. The first-order chi connectivity index (χ1) is 16.2. The number of nitrogens with zero attached hydrogens (tertiary/aromatic N) is 5. The standard InChI is InChI=1S/C24H31N7O2/c32-18-6-5-13-31(15-18)17-9-7-16(8-10-17)26-22-20-19(14-25-29-23-21(20)33-23)27-24(28-22)30-11-3-1-2-4-12-30/h7-10,14,18,21,23,29,32H,1-6,11-13,15H2,(H,26,27,28). The fourth-order valence-electron chi connectivity index (χ4n) is 5.04. The van der Waals surface area contributed by atoms with E-state index in [0.717, 1.165) is 66.9 Å². The lowest BCUT2D eigenvalue weighted by molar-refractivity contribution is 0.154. The van der Waals surface area contributed by atoms with Gasteiger partial charge >= 0.3 is 0 Å². The summed E-state index contributed by atoms with van der Waals surface area (Å²) in [5, 5.41) is 17.8. The van der Waals surface area contributed by atoms with Gasteiger partial charge in [-0.1, -0.05) is 12.8 Å². The molecular formula is C24H31N7O2. The number of ether oxygens (including phenoxy) is 1. The maximum absolute atomic E-state index is 10.0. The molecule has 3 atom stereocenters. The van der Waals surface area contributed by atoms with Crippen molar-refractivity contribution in [3.05, 3.63) is 35.5 Å². The minimum absolute atomic E-state index is 0.0997. The van der Waals surface area contributed by atoms with Crippen molar-refractivity contribution in [1.82, 2.24) is 15.4 Å². The van der Waals surface area contributed by atoms with Gasteiger partial charge in [0.05, 0.1) is 23.6 Å². The maximum Gasteiger partial charge on any atom is 0.227 e. The summed E-state index contributed by atoms with van der Waals surface area (Å²) in [5.74, 6) is 1.53. The van der Waals surface area contributed by atoms with Crippen LogP contribution in [0.5, 0.6) is 0 Å². The van der Waals surface area contributed by atoms with Crippen molar-refractivity contribution in [1.29, 1.82) is 0 Å². The number of anilines is 4. The molecule has 4 aliphatic rings. The number of aliphatic hydroxyl groups is 1. The molecule has 0 aliphatic carbocycles. The summed E-state index contributed by atoms with van der Waals surface area (Å²) in [6.07, 6.45) is 8.07. The van der Waals surface area contributed by atoms with Gasteiger partial charge in [0.25, 0.3) is 0 Å². The summed E-state index contributed by atoms with van der Waals surface area (Å²) in [7, 11) is 0. The minimum Gasteiger partial charge on any atom is -0.391 e. The Bertz CT molecular complexity index is 1020. The Labute approximate surface area is 193 Å². The molecule has 0 bridgehead atoms. The molecule has 1 aromatic carbocycles. The molecule has 6 rings (SSSR count). The summed E-state index contributed by atoms with van der Waals surface area (Å²) in [6, 6.07) is 8.36. The van der Waals surface area contributed by atoms with E-state index in [1.54, 1.807) is 6.21 Å². The van der Waals surface area contributed by atoms with E-state index in [4.69, 9.17) is 14.7 Å². The number of nitrogens with one attached hydrogen (secondary N) is 2. The molecule has 2 aromatic rings. The van der Waals surface area contributed by atoms with E-state index in [1.807, 2.05) is 0 Å². The van der Waals surface area contributed by atoms with Crippen LogP contribution >= 0.6 is 0 Å². The molecule has 0 spiro atoms. The lowest BCUT2D eigenvalue weighted by atomic mass is 10.1. The topological polar surface area (TPSA) is 101 Å². The van der Waals surface area contributed by atoms with Gasteiger partial charge in [0, 0.05) is 37.6 Å². The third-order valence-electron chi connectivity index (χ3n) is 6.91. The molecule has 3 saturated heterocycles. The van der Waals surface area contributed by atoms with Crippen molar-refractivity contribution < 1.29 is 9.84 Å². The Kier molecular flexibility index (Phi) is 5.51. The number of aliphatic hydroxyl groups excluding tert-OH is 1. The number of benzene rings is 1. The van der Waals surface area contributed by atoms with Crippen LogP contribution in [-0.4, -0.2) is 59.8 Å². The van der Waals surface area contributed by atoms with E-state index in [9.17, 15) is 5.11 Å². The van der Waals surface area contributed by atoms with Crippen LogP contribution in [0.25, 0.3) is 0 Å². The van der Waals surface area contributed by atoms with Crippen LogP contribution in [-0.2, 0) is 4.74 Å². The zero-order chi connectivity index (χ0) is 22.2. The zero-order valence-corrected chi connectivity index (χ0v) is 18.8. The Morgan fingerprint density at radius 2 is 1.76 bits per heavy atom. The van der Waals surface area contributed by atoms with Gasteiger partial charge in [0.2, 0.25) is 5.95 Å². The molecule has 0 amide bonds. The smallest absolute Gasteiger partial charge is 0.227 e. The molecule has 1 aromatic heterocycles. The summed E-state index contributed by atoms with van der Waals surface area (Å²) in [6.45, 7) is 3.63. The predicted octanol–water partition coefficient (Wildman–Crippen LogP) is 2.90. The second-order valence-corrected chi connectivity index (χ2v) is 9.35. The van der Waals surface area contributed by atoms with Crippen molar-refractivity contribution in [3.8, 4) is 0 Å². The summed E-state index contributed by atoms with van der Waals surface area (Å²) >= 11 is 0. The van der Waals surface area contributed by atoms with E-state index >= 15 is 0 Å². The third kappa shape index (κ3) is 4.35. The van der Waals surface area contributed by atoms with Crippen molar-refractivity contribution in [2.45, 2.75) is 57.0 Å². The SMILES string of the molecule is OC1CCCN(c2ccc(Nc3nc(N4CCCCCC4)nc4c3C3OC3NN=C4)cc2)C1. The highest BCUT2D eigenvalue weighted by atomic mass is 16.6. The molecule has 9 heteroatoms. The molecule has 33 heavy (non-hydrogen) atoms. The molecule has 5 heterocycles. The van der Waals surface area contributed by atoms with Crippen LogP contribution in [0.4, 0.5) is 23.1 Å². The first-order valence-electron chi connectivity index (χ1n) is 12.2. The molecular weight excluding hydrogens is 418 g/mol. The zero-order valence-electron chi connectivity index (χ0n) is 18.8. The minimum atomic E-state index is -0.243. The fraction of sp³-hybridized carbons (Fsp3) is 0.542. The first-order valence-corrected chi connectivity index (χ1v) is 12.2. The van der Waals surface area contributed by atoms with Crippen LogP contribution in [0.3, 0.4) is 0 Å². The highest BCUT2D eigenvalue weighted by molar-refractivity contribution is 5.84. The molecule has 3 unspecified atom stereocenters. The van der Waals surface area contributed by atoms with Gasteiger partial charge in [0.15, 0.2) is 6.23 Å². The second kappa shape index (κ2) is 8.79. The van der Waals surface area contributed by atoms with Crippen molar-refractivity contribution >= 4 is 29.4 Å². The second-order valence-electron chi connectivity index (χ2n) is 9.35. The van der Waals surface area contributed by atoms with Crippen molar-refractivity contribution in [2.24, 2.45) is 5.10 Å². The van der Waals surface area contributed by atoms with Gasteiger partial charge in [-0.15, -0.1) is 0 Å². The number of epoxide rings is 1. The Balaban J connectivity index is 1.29. The van der Waals surface area contributed by atoms with Crippen LogP contribution in [0.15, 0.2) is 29.4 Å². The van der Waals surface area contributed by atoms with E-state index in [2.05, 4.69) is 49.9 Å². The van der Waals surface area contributed by atoms with Gasteiger partial charge in [-0.25, -0.2) is 4.98 Å². The largest absolute Gasteiger partial charge is 0.391 e. The lowest BCUT2D eigenvalue weighted by Crippen LogP contribution is -2.38. The molecule has 3 fully saturated rings. The van der Waals surface area contributed by atoms with Gasteiger partial charge < -0.3 is 25.0 Å². The number of β-amino-alcohol motifs (C(OH)–C–C–N with tert-alkyl or cyclic N) is 1. The van der Waals surface area contributed by atoms with Crippen molar-refractivity contribution in [3.63, 3.8) is 0 Å². The first kappa shape index (κ1) is 20.7. The number of piperidine rings is 1. The number of fused-ring (bicyclic) bond motifs is 3. The maximum atomic E-state index is 10.0. The number of hydrazone groups is 1. The average molecular weight is 450 g/mol. The number of hydrogen-bond donors (Lipinski definition) is 3. The number of hydrogen-bond acceptors (Lipinski definition) is 9. The highest BCUT2D eigenvalue weighted by Crippen LogP contribution is 2.43.